The van der Waals surface area contributed by atoms with Crippen LogP contribution >= 0.6 is 0 Å². The number of hydrogen-bond donors (Lipinski definition) is 3. The van der Waals surface area contributed by atoms with Crippen LogP contribution in [0.15, 0.2) is 36.5 Å². The molecule has 6 nitrogen and oxygen atoms in total. The second-order valence-corrected chi connectivity index (χ2v) is 4.57. The molecule has 6 heteroatoms. The van der Waals surface area contributed by atoms with Crippen molar-refractivity contribution in [3.8, 4) is 0 Å². The van der Waals surface area contributed by atoms with Crippen molar-refractivity contribution in [2.45, 2.75) is 13.8 Å². The maximum atomic E-state index is 12.0. The number of hydrogen-bond acceptors (Lipinski definition) is 3. The van der Waals surface area contributed by atoms with Crippen LogP contribution in [0.25, 0.3) is 0 Å². The summed E-state index contributed by atoms with van der Waals surface area (Å²) < 4.78 is 0. The molecular formula is C15H15N3O3. The minimum Gasteiger partial charge on any atom is -0.356 e. The van der Waals surface area contributed by atoms with Gasteiger partial charge < -0.3 is 15.6 Å². The Labute approximate surface area is 121 Å². The first kappa shape index (κ1) is 14.5. The van der Waals surface area contributed by atoms with E-state index in [2.05, 4.69) is 15.6 Å². The number of anilines is 2. The monoisotopic (exact) mass is 285 g/mol. The largest absolute Gasteiger partial charge is 0.356 e. The van der Waals surface area contributed by atoms with Crippen LogP contribution in [0.1, 0.15) is 34.7 Å². The molecule has 0 fully saturated rings. The Bertz CT molecular complexity index is 704. The van der Waals surface area contributed by atoms with Crippen LogP contribution in [0.3, 0.4) is 0 Å². The fourth-order valence-corrected chi connectivity index (χ4v) is 1.81. The van der Waals surface area contributed by atoms with Gasteiger partial charge in [0.25, 0.3) is 5.91 Å². The molecule has 0 unspecified atom stereocenters. The summed E-state index contributed by atoms with van der Waals surface area (Å²) in [7, 11) is 0. The van der Waals surface area contributed by atoms with Gasteiger partial charge in [-0.2, -0.15) is 0 Å². The zero-order chi connectivity index (χ0) is 15.4. The Morgan fingerprint density at radius 2 is 1.67 bits per heavy atom. The van der Waals surface area contributed by atoms with Crippen molar-refractivity contribution in [1.29, 1.82) is 0 Å². The molecule has 0 atom stereocenters. The summed E-state index contributed by atoms with van der Waals surface area (Å²) in [6, 6.07) is 8.29. The summed E-state index contributed by atoms with van der Waals surface area (Å²) in [5.74, 6) is -0.658. The van der Waals surface area contributed by atoms with Crippen molar-refractivity contribution in [2.75, 3.05) is 10.6 Å². The number of carbonyl (C=O) groups is 3. The molecule has 3 N–H and O–H groups in total. The highest BCUT2D eigenvalue weighted by Crippen LogP contribution is 2.16. The molecule has 1 aromatic carbocycles. The van der Waals surface area contributed by atoms with Crippen LogP contribution in [0.5, 0.6) is 0 Å². The van der Waals surface area contributed by atoms with E-state index in [1.165, 1.54) is 26.1 Å². The minimum absolute atomic E-state index is 0.113. The number of benzene rings is 1. The second kappa shape index (κ2) is 6.04. The Morgan fingerprint density at radius 1 is 1.00 bits per heavy atom. The highest BCUT2D eigenvalue weighted by Gasteiger charge is 2.11. The second-order valence-electron chi connectivity index (χ2n) is 4.57. The number of aromatic amines is 1. The van der Waals surface area contributed by atoms with Gasteiger partial charge in [0, 0.05) is 30.1 Å². The Morgan fingerprint density at radius 3 is 2.24 bits per heavy atom. The molecule has 0 spiro atoms. The maximum absolute atomic E-state index is 12.0. The molecule has 0 radical (unpaired) electrons. The van der Waals surface area contributed by atoms with Gasteiger partial charge in [-0.15, -0.1) is 0 Å². The van der Waals surface area contributed by atoms with Gasteiger partial charge in [0.15, 0.2) is 5.78 Å². The van der Waals surface area contributed by atoms with Crippen molar-refractivity contribution in [2.24, 2.45) is 0 Å². The van der Waals surface area contributed by atoms with Crippen LogP contribution in [-0.2, 0) is 4.79 Å². The smallest absolute Gasteiger partial charge is 0.272 e. The van der Waals surface area contributed by atoms with E-state index in [0.717, 1.165) is 0 Å². The van der Waals surface area contributed by atoms with E-state index in [-0.39, 0.29) is 17.6 Å². The highest BCUT2D eigenvalue weighted by atomic mass is 16.2. The first-order valence-corrected chi connectivity index (χ1v) is 6.34. The molecule has 2 aromatic rings. The van der Waals surface area contributed by atoms with Gasteiger partial charge in [-0.1, -0.05) is 6.07 Å². The van der Waals surface area contributed by atoms with E-state index < -0.39 is 0 Å². The number of nitrogens with one attached hydrogen (secondary N) is 3. The van der Waals surface area contributed by atoms with E-state index in [0.29, 0.717) is 22.6 Å². The summed E-state index contributed by atoms with van der Waals surface area (Å²) in [6.45, 7) is 2.84. The van der Waals surface area contributed by atoms with Gasteiger partial charge in [-0.05, 0) is 31.2 Å². The van der Waals surface area contributed by atoms with Crippen molar-refractivity contribution in [3.05, 3.63) is 47.8 Å². The van der Waals surface area contributed by atoms with E-state index >= 15 is 0 Å². The maximum Gasteiger partial charge on any atom is 0.272 e. The summed E-state index contributed by atoms with van der Waals surface area (Å²) in [5, 5.41) is 5.33. The third-order valence-corrected chi connectivity index (χ3v) is 2.77. The van der Waals surface area contributed by atoms with E-state index in [1.807, 2.05) is 0 Å². The molecule has 108 valence electrons. The van der Waals surface area contributed by atoms with Crippen LogP contribution in [0, 0.1) is 0 Å². The van der Waals surface area contributed by atoms with Gasteiger partial charge in [-0.25, -0.2) is 0 Å². The topological polar surface area (TPSA) is 91.1 Å². The number of rotatable bonds is 4. The Balaban J connectivity index is 2.11. The van der Waals surface area contributed by atoms with Crippen molar-refractivity contribution in [3.63, 3.8) is 0 Å². The lowest BCUT2D eigenvalue weighted by molar-refractivity contribution is -0.114. The molecule has 2 amide bonds. The SMILES string of the molecule is CC(=O)Nc1cccc(NC(=O)c2cc(C(C)=O)c[nH]2)c1. The van der Waals surface area contributed by atoms with Gasteiger partial charge in [0.2, 0.25) is 5.91 Å². The number of carbonyl (C=O) groups excluding carboxylic acids is 3. The first-order valence-electron chi connectivity index (χ1n) is 6.34. The predicted molar refractivity (Wildman–Crippen MR) is 79.5 cm³/mol. The number of ketones is 1. The molecule has 2 rings (SSSR count). The molecule has 0 aliphatic carbocycles. The van der Waals surface area contributed by atoms with Crippen molar-refractivity contribution in [1.82, 2.24) is 4.98 Å². The zero-order valence-corrected chi connectivity index (χ0v) is 11.7. The Kier molecular flexibility index (Phi) is 4.18. The third kappa shape index (κ3) is 3.79. The molecular weight excluding hydrogens is 270 g/mol. The summed E-state index contributed by atoms with van der Waals surface area (Å²) >= 11 is 0. The van der Waals surface area contributed by atoms with E-state index in [4.69, 9.17) is 0 Å². The molecule has 1 aromatic heterocycles. The molecule has 0 bridgehead atoms. The van der Waals surface area contributed by atoms with E-state index in [9.17, 15) is 14.4 Å². The molecule has 0 saturated carbocycles. The quantitative estimate of drug-likeness (QED) is 0.753. The molecule has 0 aliphatic rings. The van der Waals surface area contributed by atoms with Crippen LogP contribution in [-0.4, -0.2) is 22.6 Å². The lowest BCUT2D eigenvalue weighted by Gasteiger charge is -2.07. The molecule has 0 saturated heterocycles. The fourth-order valence-electron chi connectivity index (χ4n) is 1.81. The molecule has 21 heavy (non-hydrogen) atoms. The average Bonchev–Trinajstić information content (AvgIpc) is 2.88. The predicted octanol–water partition coefficient (Wildman–Crippen LogP) is 2.43. The average molecular weight is 285 g/mol. The molecule has 0 aliphatic heterocycles. The number of Topliss-reactive ketones (excluding diaryl/α,β-unsaturated/α-hetero) is 1. The van der Waals surface area contributed by atoms with Crippen molar-refractivity contribution >= 4 is 29.0 Å². The van der Waals surface area contributed by atoms with Crippen LogP contribution in [0.4, 0.5) is 11.4 Å². The van der Waals surface area contributed by atoms with Gasteiger partial charge >= 0.3 is 0 Å². The standard InChI is InChI=1S/C15H15N3O3/c1-9(19)11-6-14(16-8-11)15(21)18-13-5-3-4-12(7-13)17-10(2)20/h3-8,16H,1-2H3,(H,17,20)(H,18,21). The number of H-pyrrole nitrogens is 1. The zero-order valence-electron chi connectivity index (χ0n) is 11.7. The van der Waals surface area contributed by atoms with Gasteiger partial charge in [-0.3, -0.25) is 14.4 Å². The summed E-state index contributed by atoms with van der Waals surface area (Å²) in [5.41, 5.74) is 1.89. The lowest BCUT2D eigenvalue weighted by Crippen LogP contribution is -2.13. The normalized spacial score (nSPS) is 10.0. The van der Waals surface area contributed by atoms with Gasteiger partial charge in [0.1, 0.15) is 5.69 Å². The summed E-state index contributed by atoms with van der Waals surface area (Å²) in [6.07, 6.45) is 1.49. The Hall–Kier alpha value is -2.89. The van der Waals surface area contributed by atoms with Crippen LogP contribution in [0.2, 0.25) is 0 Å². The van der Waals surface area contributed by atoms with Gasteiger partial charge in [0.05, 0.1) is 0 Å². The van der Waals surface area contributed by atoms with Crippen LogP contribution < -0.4 is 10.6 Å². The fraction of sp³-hybridized carbons (Fsp3) is 0.133. The van der Waals surface area contributed by atoms with Crippen molar-refractivity contribution < 1.29 is 14.4 Å². The molecule has 1 heterocycles. The summed E-state index contributed by atoms with van der Waals surface area (Å²) in [4.78, 5) is 37.0. The first-order chi connectivity index (χ1) is 9.95. The lowest BCUT2D eigenvalue weighted by atomic mass is 10.2. The van der Waals surface area contributed by atoms with E-state index in [1.54, 1.807) is 24.3 Å². The third-order valence-electron chi connectivity index (χ3n) is 2.77. The number of aromatic nitrogens is 1. The highest BCUT2D eigenvalue weighted by molar-refractivity contribution is 6.05. The number of amides is 2. The minimum atomic E-state index is -0.359.